The molecule has 1 fully saturated rings. The predicted octanol–water partition coefficient (Wildman–Crippen LogP) is 4.07. The van der Waals surface area contributed by atoms with Crippen LogP contribution in [0.25, 0.3) is 22.0 Å². The molecular weight excluding hydrogens is 370 g/mol. The molecule has 0 saturated carbocycles. The summed E-state index contributed by atoms with van der Waals surface area (Å²) in [5, 5.41) is 14.5. The Morgan fingerprint density at radius 1 is 1.14 bits per heavy atom. The highest BCUT2D eigenvalue weighted by Crippen LogP contribution is 2.33. The summed E-state index contributed by atoms with van der Waals surface area (Å²) in [6, 6.07) is 18.1. The minimum Gasteiger partial charge on any atom is -0.376 e. The maximum Gasteiger partial charge on any atom is 0.233 e. The van der Waals surface area contributed by atoms with E-state index in [-0.39, 0.29) is 17.3 Å². The number of aromatic nitrogens is 2. The molecular formula is C22H23N3O2S. The number of hydrogen-bond donors (Lipinski definition) is 1. The smallest absolute Gasteiger partial charge is 0.233 e. The molecule has 1 N–H and O–H groups in total. The van der Waals surface area contributed by atoms with E-state index in [1.165, 1.54) is 11.8 Å². The summed E-state index contributed by atoms with van der Waals surface area (Å²) in [6.07, 6.45) is 2.23. The van der Waals surface area contributed by atoms with Gasteiger partial charge in [0.15, 0.2) is 0 Å². The Balaban J connectivity index is 1.53. The third-order valence-electron chi connectivity index (χ3n) is 4.89. The number of ether oxygens (including phenoxy) is 1. The van der Waals surface area contributed by atoms with E-state index < -0.39 is 0 Å². The molecule has 3 aromatic rings. The van der Waals surface area contributed by atoms with Gasteiger partial charge in [0.2, 0.25) is 5.91 Å². The number of amides is 1. The summed E-state index contributed by atoms with van der Waals surface area (Å²) < 4.78 is 5.57. The topological polar surface area (TPSA) is 64.1 Å². The van der Waals surface area contributed by atoms with Crippen molar-refractivity contribution in [3.8, 4) is 11.3 Å². The Kier molecular flexibility index (Phi) is 5.88. The molecule has 144 valence electrons. The quantitative estimate of drug-likeness (QED) is 0.640. The molecule has 0 bridgehead atoms. The zero-order valence-electron chi connectivity index (χ0n) is 15.8. The van der Waals surface area contributed by atoms with Gasteiger partial charge in [-0.15, -0.1) is 10.2 Å². The standard InChI is InChI=1S/C22H23N3O2S/c1-15(21(26)23-14-17-10-7-13-27-17)28-22-19-12-6-5-11-18(19)20(24-25-22)16-8-3-2-4-9-16/h2-6,8-9,11-12,15,17H,7,10,13-14H2,1H3,(H,23,26)/t15-,17+/m1/s1. The summed E-state index contributed by atoms with van der Waals surface area (Å²) >= 11 is 1.44. The average molecular weight is 394 g/mol. The number of thioether (sulfide) groups is 1. The van der Waals surface area contributed by atoms with E-state index in [4.69, 9.17) is 4.74 Å². The van der Waals surface area contributed by atoms with Crippen LogP contribution in [0, 0.1) is 0 Å². The first-order valence-corrected chi connectivity index (χ1v) is 10.5. The minimum atomic E-state index is -0.262. The molecule has 0 radical (unpaired) electrons. The molecule has 5 nitrogen and oxygen atoms in total. The van der Waals surface area contributed by atoms with Gasteiger partial charge in [-0.1, -0.05) is 66.4 Å². The van der Waals surface area contributed by atoms with Gasteiger partial charge < -0.3 is 10.1 Å². The van der Waals surface area contributed by atoms with Gasteiger partial charge in [-0.05, 0) is 19.8 Å². The van der Waals surface area contributed by atoms with Crippen molar-refractivity contribution in [3.05, 3.63) is 54.6 Å². The van der Waals surface area contributed by atoms with Crippen LogP contribution in [0.5, 0.6) is 0 Å². The molecule has 0 unspecified atom stereocenters. The minimum absolute atomic E-state index is 0.00137. The second kappa shape index (κ2) is 8.71. The number of hydrogen-bond acceptors (Lipinski definition) is 5. The van der Waals surface area contributed by atoms with Crippen molar-refractivity contribution in [1.82, 2.24) is 15.5 Å². The fraction of sp³-hybridized carbons (Fsp3) is 0.318. The third-order valence-corrected chi connectivity index (χ3v) is 5.98. The van der Waals surface area contributed by atoms with Gasteiger partial charge in [0.05, 0.1) is 11.4 Å². The fourth-order valence-corrected chi connectivity index (χ4v) is 4.28. The van der Waals surface area contributed by atoms with E-state index in [1.807, 2.05) is 55.5 Å². The van der Waals surface area contributed by atoms with Gasteiger partial charge in [-0.2, -0.15) is 0 Å². The predicted molar refractivity (Wildman–Crippen MR) is 112 cm³/mol. The molecule has 1 aliphatic rings. The van der Waals surface area contributed by atoms with Gasteiger partial charge in [-0.25, -0.2) is 0 Å². The van der Waals surface area contributed by atoms with Crippen molar-refractivity contribution in [1.29, 1.82) is 0 Å². The second-order valence-electron chi connectivity index (χ2n) is 6.91. The van der Waals surface area contributed by atoms with Crippen molar-refractivity contribution >= 4 is 28.4 Å². The number of nitrogens with zero attached hydrogens (tertiary/aromatic N) is 2. The largest absolute Gasteiger partial charge is 0.376 e. The third kappa shape index (κ3) is 4.18. The number of rotatable bonds is 6. The highest BCUT2D eigenvalue weighted by Gasteiger charge is 2.21. The Hall–Kier alpha value is -2.44. The lowest BCUT2D eigenvalue weighted by Crippen LogP contribution is -2.36. The molecule has 2 atom stereocenters. The normalized spacial score (nSPS) is 17.5. The SMILES string of the molecule is C[C@@H](Sc1nnc(-c2ccccc2)c2ccccc12)C(=O)NC[C@@H]1CCCO1. The first-order valence-electron chi connectivity index (χ1n) is 9.59. The van der Waals surface area contributed by atoms with E-state index in [0.717, 1.165) is 46.5 Å². The van der Waals surface area contributed by atoms with Crippen molar-refractivity contribution in [2.75, 3.05) is 13.2 Å². The fourth-order valence-electron chi connectivity index (χ4n) is 3.36. The molecule has 1 aromatic heterocycles. The molecule has 0 aliphatic carbocycles. The van der Waals surface area contributed by atoms with Gasteiger partial charge >= 0.3 is 0 Å². The van der Waals surface area contributed by atoms with Crippen LogP contribution in [0.2, 0.25) is 0 Å². The lowest BCUT2D eigenvalue weighted by Gasteiger charge is -2.15. The molecule has 6 heteroatoms. The van der Waals surface area contributed by atoms with Crippen LogP contribution in [-0.4, -0.2) is 40.6 Å². The first kappa shape index (κ1) is 18.9. The lowest BCUT2D eigenvalue weighted by molar-refractivity contribution is -0.120. The van der Waals surface area contributed by atoms with Crippen LogP contribution < -0.4 is 5.32 Å². The van der Waals surface area contributed by atoms with Gasteiger partial charge in [0.1, 0.15) is 10.7 Å². The van der Waals surface area contributed by atoms with Crippen molar-refractivity contribution in [3.63, 3.8) is 0 Å². The Morgan fingerprint density at radius 2 is 1.89 bits per heavy atom. The summed E-state index contributed by atoms with van der Waals surface area (Å²) in [7, 11) is 0. The zero-order chi connectivity index (χ0) is 19.3. The van der Waals surface area contributed by atoms with E-state index in [9.17, 15) is 4.79 Å². The van der Waals surface area contributed by atoms with Gasteiger partial charge in [0.25, 0.3) is 0 Å². The molecule has 2 aromatic carbocycles. The summed E-state index contributed by atoms with van der Waals surface area (Å²) in [6.45, 7) is 3.26. The van der Waals surface area contributed by atoms with Crippen LogP contribution in [-0.2, 0) is 9.53 Å². The molecule has 4 rings (SSSR count). The summed E-state index contributed by atoms with van der Waals surface area (Å²) in [4.78, 5) is 12.5. The zero-order valence-corrected chi connectivity index (χ0v) is 16.6. The molecule has 28 heavy (non-hydrogen) atoms. The highest BCUT2D eigenvalue weighted by atomic mass is 32.2. The second-order valence-corrected chi connectivity index (χ2v) is 8.24. The monoisotopic (exact) mass is 393 g/mol. The van der Waals surface area contributed by atoms with Gasteiger partial charge in [-0.3, -0.25) is 4.79 Å². The maximum atomic E-state index is 12.5. The molecule has 1 aliphatic heterocycles. The van der Waals surface area contributed by atoms with Crippen molar-refractivity contribution in [2.24, 2.45) is 0 Å². The Bertz CT molecular complexity index is 958. The van der Waals surface area contributed by atoms with E-state index in [0.29, 0.717) is 6.54 Å². The van der Waals surface area contributed by atoms with Crippen LogP contribution in [0.15, 0.2) is 59.6 Å². The molecule has 2 heterocycles. The van der Waals surface area contributed by atoms with Crippen molar-refractivity contribution < 1.29 is 9.53 Å². The number of fused-ring (bicyclic) bond motifs is 1. The van der Waals surface area contributed by atoms with Crippen LogP contribution in [0.4, 0.5) is 0 Å². The Morgan fingerprint density at radius 3 is 2.64 bits per heavy atom. The van der Waals surface area contributed by atoms with Crippen molar-refractivity contribution in [2.45, 2.75) is 36.1 Å². The number of benzene rings is 2. The summed E-state index contributed by atoms with van der Waals surface area (Å²) in [5.74, 6) is -0.00137. The van der Waals surface area contributed by atoms with E-state index in [1.54, 1.807) is 0 Å². The van der Waals surface area contributed by atoms with Crippen LogP contribution >= 0.6 is 11.8 Å². The molecule has 1 saturated heterocycles. The van der Waals surface area contributed by atoms with Crippen LogP contribution in [0.1, 0.15) is 19.8 Å². The van der Waals surface area contributed by atoms with Gasteiger partial charge in [0, 0.05) is 29.5 Å². The van der Waals surface area contributed by atoms with E-state index in [2.05, 4.69) is 21.6 Å². The Labute approximate surface area is 168 Å². The highest BCUT2D eigenvalue weighted by molar-refractivity contribution is 8.00. The average Bonchev–Trinajstić information content (AvgIpc) is 3.26. The molecule has 0 spiro atoms. The maximum absolute atomic E-state index is 12.5. The van der Waals surface area contributed by atoms with Crippen LogP contribution in [0.3, 0.4) is 0 Å². The van der Waals surface area contributed by atoms with E-state index >= 15 is 0 Å². The number of nitrogens with one attached hydrogen (secondary N) is 1. The number of carbonyl (C=O) groups excluding carboxylic acids is 1. The molecule has 1 amide bonds. The number of carbonyl (C=O) groups is 1. The summed E-state index contributed by atoms with van der Waals surface area (Å²) in [5.41, 5.74) is 1.89. The first-order chi connectivity index (χ1) is 13.7. The lowest BCUT2D eigenvalue weighted by atomic mass is 10.1.